The molecule has 0 saturated heterocycles. The standard InChI is InChI=1S/C16H29N3/c1-3-12-19-16(10-11-18-19)15(17-4-2)13-14-8-6-5-7-9-14/h10-11,14-15,17H,3-9,12-13H2,1-2H3. The molecular weight excluding hydrogens is 234 g/mol. The van der Waals surface area contributed by atoms with E-state index in [1.54, 1.807) is 0 Å². The van der Waals surface area contributed by atoms with Gasteiger partial charge in [0.15, 0.2) is 0 Å². The lowest BCUT2D eigenvalue weighted by atomic mass is 9.84. The van der Waals surface area contributed by atoms with E-state index in [1.165, 1.54) is 44.2 Å². The van der Waals surface area contributed by atoms with Gasteiger partial charge in [-0.3, -0.25) is 4.68 Å². The monoisotopic (exact) mass is 263 g/mol. The van der Waals surface area contributed by atoms with Crippen molar-refractivity contribution in [2.75, 3.05) is 6.54 Å². The molecule has 1 aliphatic rings. The molecule has 108 valence electrons. The molecule has 2 rings (SSSR count). The molecule has 3 heteroatoms. The average molecular weight is 263 g/mol. The van der Waals surface area contributed by atoms with Gasteiger partial charge in [0.05, 0.1) is 5.69 Å². The van der Waals surface area contributed by atoms with Gasteiger partial charge in [0.1, 0.15) is 0 Å². The molecule has 3 nitrogen and oxygen atoms in total. The predicted octanol–water partition coefficient (Wildman–Crippen LogP) is 3.91. The van der Waals surface area contributed by atoms with Crippen LogP contribution >= 0.6 is 0 Å². The third-order valence-corrected chi connectivity index (χ3v) is 4.29. The first kappa shape index (κ1) is 14.6. The van der Waals surface area contributed by atoms with Gasteiger partial charge in [-0.15, -0.1) is 0 Å². The van der Waals surface area contributed by atoms with E-state index in [2.05, 4.69) is 35.0 Å². The zero-order valence-corrected chi connectivity index (χ0v) is 12.6. The first-order valence-corrected chi connectivity index (χ1v) is 8.10. The van der Waals surface area contributed by atoms with Crippen molar-refractivity contribution in [1.82, 2.24) is 15.1 Å². The molecule has 1 N–H and O–H groups in total. The molecule has 0 aliphatic heterocycles. The van der Waals surface area contributed by atoms with E-state index < -0.39 is 0 Å². The van der Waals surface area contributed by atoms with E-state index in [1.807, 2.05) is 6.20 Å². The van der Waals surface area contributed by atoms with E-state index >= 15 is 0 Å². The summed E-state index contributed by atoms with van der Waals surface area (Å²) >= 11 is 0. The Morgan fingerprint density at radius 1 is 1.32 bits per heavy atom. The maximum Gasteiger partial charge on any atom is 0.0553 e. The van der Waals surface area contributed by atoms with Crippen LogP contribution in [0.5, 0.6) is 0 Å². The largest absolute Gasteiger partial charge is 0.309 e. The topological polar surface area (TPSA) is 29.9 Å². The molecule has 1 aliphatic carbocycles. The third-order valence-electron chi connectivity index (χ3n) is 4.29. The average Bonchev–Trinajstić information content (AvgIpc) is 2.88. The van der Waals surface area contributed by atoms with Gasteiger partial charge in [-0.2, -0.15) is 5.10 Å². The summed E-state index contributed by atoms with van der Waals surface area (Å²) in [6.45, 7) is 6.49. The molecule has 0 spiro atoms. The minimum absolute atomic E-state index is 0.488. The van der Waals surface area contributed by atoms with Crippen molar-refractivity contribution in [2.24, 2.45) is 5.92 Å². The summed E-state index contributed by atoms with van der Waals surface area (Å²) < 4.78 is 2.19. The Balaban J connectivity index is 2.02. The summed E-state index contributed by atoms with van der Waals surface area (Å²) in [5.41, 5.74) is 1.38. The van der Waals surface area contributed by atoms with Crippen molar-refractivity contribution in [3.63, 3.8) is 0 Å². The molecule has 1 saturated carbocycles. The molecule has 0 bridgehead atoms. The maximum atomic E-state index is 4.48. The van der Waals surface area contributed by atoms with Gasteiger partial charge in [-0.05, 0) is 31.4 Å². The molecule has 0 aromatic carbocycles. The van der Waals surface area contributed by atoms with E-state index in [-0.39, 0.29) is 0 Å². The lowest BCUT2D eigenvalue weighted by Gasteiger charge is -2.27. The second-order valence-corrected chi connectivity index (χ2v) is 5.83. The molecule has 19 heavy (non-hydrogen) atoms. The van der Waals surface area contributed by atoms with Crippen molar-refractivity contribution >= 4 is 0 Å². The Morgan fingerprint density at radius 2 is 2.11 bits per heavy atom. The Hall–Kier alpha value is -0.830. The summed E-state index contributed by atoms with van der Waals surface area (Å²) in [4.78, 5) is 0. The predicted molar refractivity (Wildman–Crippen MR) is 80.1 cm³/mol. The SMILES string of the molecule is CCCn1nccc1C(CC1CCCCC1)NCC. The van der Waals surface area contributed by atoms with E-state index in [9.17, 15) is 0 Å². The van der Waals surface area contributed by atoms with E-state index in [4.69, 9.17) is 0 Å². The fraction of sp³-hybridized carbons (Fsp3) is 0.812. The zero-order chi connectivity index (χ0) is 13.5. The minimum Gasteiger partial charge on any atom is -0.309 e. The van der Waals surface area contributed by atoms with E-state index in [0.717, 1.165) is 25.4 Å². The molecule has 0 radical (unpaired) electrons. The summed E-state index contributed by atoms with van der Waals surface area (Å²) in [5.74, 6) is 0.905. The quantitative estimate of drug-likeness (QED) is 0.808. The first-order chi connectivity index (χ1) is 9.35. The highest BCUT2D eigenvalue weighted by Crippen LogP contribution is 2.31. The number of nitrogens with one attached hydrogen (secondary N) is 1. The van der Waals surface area contributed by atoms with Gasteiger partial charge >= 0.3 is 0 Å². The number of hydrogen-bond donors (Lipinski definition) is 1. The van der Waals surface area contributed by atoms with Crippen LogP contribution in [0.1, 0.15) is 70.5 Å². The minimum atomic E-state index is 0.488. The number of aromatic nitrogens is 2. The van der Waals surface area contributed by atoms with Crippen LogP contribution in [-0.2, 0) is 6.54 Å². The van der Waals surface area contributed by atoms with Crippen LogP contribution in [0.4, 0.5) is 0 Å². The zero-order valence-electron chi connectivity index (χ0n) is 12.6. The van der Waals surface area contributed by atoms with Crippen LogP contribution in [0.2, 0.25) is 0 Å². The van der Waals surface area contributed by atoms with Crippen LogP contribution in [0.15, 0.2) is 12.3 Å². The number of aryl methyl sites for hydroxylation is 1. The molecule has 1 fully saturated rings. The fourth-order valence-electron chi connectivity index (χ4n) is 3.35. The summed E-state index contributed by atoms with van der Waals surface area (Å²) in [5, 5.41) is 8.15. The van der Waals surface area contributed by atoms with Gasteiger partial charge in [-0.1, -0.05) is 46.0 Å². The highest BCUT2D eigenvalue weighted by molar-refractivity contribution is 5.07. The normalized spacial score (nSPS) is 18.6. The third kappa shape index (κ3) is 4.07. The smallest absolute Gasteiger partial charge is 0.0553 e. The first-order valence-electron chi connectivity index (χ1n) is 8.10. The van der Waals surface area contributed by atoms with Crippen molar-refractivity contribution < 1.29 is 0 Å². The lowest BCUT2D eigenvalue weighted by molar-refractivity contribution is 0.294. The van der Waals surface area contributed by atoms with Gasteiger partial charge in [0.25, 0.3) is 0 Å². The van der Waals surface area contributed by atoms with Crippen LogP contribution in [-0.4, -0.2) is 16.3 Å². The molecular formula is C16H29N3. The van der Waals surface area contributed by atoms with Gasteiger partial charge in [0.2, 0.25) is 0 Å². The maximum absolute atomic E-state index is 4.48. The second-order valence-electron chi connectivity index (χ2n) is 5.83. The second kappa shape index (κ2) is 7.68. The van der Waals surface area contributed by atoms with Crippen LogP contribution in [0.3, 0.4) is 0 Å². The van der Waals surface area contributed by atoms with Gasteiger partial charge in [0, 0.05) is 18.8 Å². The summed E-state index contributed by atoms with van der Waals surface area (Å²) in [6, 6.07) is 2.69. The fourth-order valence-corrected chi connectivity index (χ4v) is 3.35. The highest BCUT2D eigenvalue weighted by atomic mass is 15.3. The van der Waals surface area contributed by atoms with Crippen molar-refractivity contribution in [2.45, 2.75) is 71.4 Å². The Labute approximate surface area is 117 Å². The van der Waals surface area contributed by atoms with Gasteiger partial charge in [-0.25, -0.2) is 0 Å². The Morgan fingerprint density at radius 3 is 2.79 bits per heavy atom. The number of rotatable bonds is 7. The van der Waals surface area contributed by atoms with E-state index in [0.29, 0.717) is 6.04 Å². The lowest BCUT2D eigenvalue weighted by Crippen LogP contribution is -2.26. The van der Waals surface area contributed by atoms with Crippen LogP contribution in [0, 0.1) is 5.92 Å². The van der Waals surface area contributed by atoms with Crippen molar-refractivity contribution in [3.05, 3.63) is 18.0 Å². The summed E-state index contributed by atoms with van der Waals surface area (Å²) in [7, 11) is 0. The molecule has 1 aromatic rings. The Kier molecular flexibility index (Phi) is 5.90. The van der Waals surface area contributed by atoms with Crippen molar-refractivity contribution in [1.29, 1.82) is 0 Å². The van der Waals surface area contributed by atoms with Crippen LogP contribution < -0.4 is 5.32 Å². The molecule has 1 unspecified atom stereocenters. The molecule has 0 amide bonds. The Bertz CT molecular complexity index is 353. The number of hydrogen-bond acceptors (Lipinski definition) is 2. The highest BCUT2D eigenvalue weighted by Gasteiger charge is 2.21. The van der Waals surface area contributed by atoms with Crippen LogP contribution in [0.25, 0.3) is 0 Å². The van der Waals surface area contributed by atoms with Crippen molar-refractivity contribution in [3.8, 4) is 0 Å². The molecule has 1 atom stereocenters. The summed E-state index contributed by atoms with van der Waals surface area (Å²) in [6.07, 6.45) is 11.5. The molecule has 1 aromatic heterocycles. The van der Waals surface area contributed by atoms with Gasteiger partial charge < -0.3 is 5.32 Å². The number of nitrogens with zero attached hydrogens (tertiary/aromatic N) is 2. The molecule has 1 heterocycles.